The van der Waals surface area contributed by atoms with E-state index < -0.39 is 11.8 Å². The summed E-state index contributed by atoms with van der Waals surface area (Å²) in [7, 11) is 0. The fourth-order valence-corrected chi connectivity index (χ4v) is 2.86. The number of benzene rings is 2. The van der Waals surface area contributed by atoms with Gasteiger partial charge < -0.3 is 20.4 Å². The van der Waals surface area contributed by atoms with Gasteiger partial charge in [0.25, 0.3) is 0 Å². The SMILES string of the molecule is CC(C(=O)C(C)c1ccc(O)c(Cl)c1O)c1ccc(O)c(Cl)c1O. The number of carbonyl (C=O) groups is 1. The van der Waals surface area contributed by atoms with Crippen molar-refractivity contribution < 1.29 is 25.2 Å². The molecule has 2 atom stereocenters. The van der Waals surface area contributed by atoms with Crippen molar-refractivity contribution in [3.8, 4) is 23.0 Å². The molecule has 128 valence electrons. The van der Waals surface area contributed by atoms with Gasteiger partial charge in [0.15, 0.2) is 0 Å². The van der Waals surface area contributed by atoms with Crippen LogP contribution >= 0.6 is 23.2 Å². The Hall–Kier alpha value is -2.11. The summed E-state index contributed by atoms with van der Waals surface area (Å²) < 4.78 is 0. The van der Waals surface area contributed by atoms with E-state index in [4.69, 9.17) is 23.2 Å². The van der Waals surface area contributed by atoms with Crippen LogP contribution in [0.4, 0.5) is 0 Å². The minimum Gasteiger partial charge on any atom is -0.506 e. The lowest BCUT2D eigenvalue weighted by Crippen LogP contribution is -2.17. The third-order valence-electron chi connectivity index (χ3n) is 4.04. The summed E-state index contributed by atoms with van der Waals surface area (Å²) in [5, 5.41) is 38.6. The zero-order valence-corrected chi connectivity index (χ0v) is 14.4. The van der Waals surface area contributed by atoms with Crippen LogP contribution in [0.5, 0.6) is 23.0 Å². The summed E-state index contributed by atoms with van der Waals surface area (Å²) in [5.41, 5.74) is 0.526. The van der Waals surface area contributed by atoms with Crippen molar-refractivity contribution in [3.05, 3.63) is 45.4 Å². The zero-order valence-electron chi connectivity index (χ0n) is 12.9. The second-order valence-corrected chi connectivity index (χ2v) is 6.27. The van der Waals surface area contributed by atoms with E-state index in [1.807, 2.05) is 0 Å². The normalized spacial score (nSPS) is 13.5. The average molecular weight is 371 g/mol. The van der Waals surface area contributed by atoms with Gasteiger partial charge >= 0.3 is 0 Å². The van der Waals surface area contributed by atoms with Crippen LogP contribution in [0.1, 0.15) is 36.8 Å². The second kappa shape index (κ2) is 6.79. The quantitative estimate of drug-likeness (QED) is 0.643. The summed E-state index contributed by atoms with van der Waals surface area (Å²) in [6.07, 6.45) is 0. The molecule has 0 bridgehead atoms. The molecule has 7 heteroatoms. The fourth-order valence-electron chi connectivity index (χ4n) is 2.52. The number of aromatic hydroxyl groups is 4. The molecule has 0 amide bonds. The lowest BCUT2D eigenvalue weighted by Gasteiger charge is -2.20. The molecule has 24 heavy (non-hydrogen) atoms. The smallest absolute Gasteiger partial charge is 0.147 e. The molecule has 5 nitrogen and oxygen atoms in total. The van der Waals surface area contributed by atoms with E-state index in [1.54, 1.807) is 13.8 Å². The Morgan fingerprint density at radius 3 is 1.46 bits per heavy atom. The Labute approximate surface area is 148 Å². The average Bonchev–Trinajstić information content (AvgIpc) is 2.56. The Morgan fingerprint density at radius 2 is 1.12 bits per heavy atom. The molecule has 2 aromatic rings. The van der Waals surface area contributed by atoms with Gasteiger partial charge in [-0.3, -0.25) is 4.79 Å². The van der Waals surface area contributed by atoms with Crippen LogP contribution in [0.2, 0.25) is 10.0 Å². The molecule has 0 aromatic heterocycles. The lowest BCUT2D eigenvalue weighted by molar-refractivity contribution is -0.121. The molecule has 2 unspecified atom stereocenters. The molecule has 2 rings (SSSR count). The molecule has 0 aliphatic heterocycles. The first-order valence-corrected chi connectivity index (χ1v) is 7.86. The van der Waals surface area contributed by atoms with Gasteiger partial charge in [-0.15, -0.1) is 0 Å². The highest BCUT2D eigenvalue weighted by atomic mass is 35.5. The van der Waals surface area contributed by atoms with Crippen LogP contribution in [0.3, 0.4) is 0 Å². The molecule has 0 saturated carbocycles. The number of halogens is 2. The largest absolute Gasteiger partial charge is 0.506 e. The number of phenols is 4. The maximum Gasteiger partial charge on any atom is 0.147 e. The van der Waals surface area contributed by atoms with E-state index in [0.717, 1.165) is 0 Å². The van der Waals surface area contributed by atoms with E-state index in [0.29, 0.717) is 0 Å². The molecular weight excluding hydrogens is 355 g/mol. The van der Waals surface area contributed by atoms with E-state index in [1.165, 1.54) is 24.3 Å². The third kappa shape index (κ3) is 3.09. The van der Waals surface area contributed by atoms with Crippen molar-refractivity contribution in [1.82, 2.24) is 0 Å². The number of phenolic OH excluding ortho intramolecular Hbond substituents is 4. The highest BCUT2D eigenvalue weighted by molar-refractivity contribution is 6.34. The molecule has 0 aliphatic carbocycles. The van der Waals surface area contributed by atoms with Crippen molar-refractivity contribution in [2.24, 2.45) is 0 Å². The number of rotatable bonds is 4. The number of Topliss-reactive ketones (excluding diaryl/α,β-unsaturated/α-hetero) is 1. The van der Waals surface area contributed by atoms with Gasteiger partial charge in [-0.1, -0.05) is 49.2 Å². The predicted molar refractivity (Wildman–Crippen MR) is 91.4 cm³/mol. The maximum absolute atomic E-state index is 12.7. The summed E-state index contributed by atoms with van der Waals surface area (Å²) in [4.78, 5) is 12.7. The van der Waals surface area contributed by atoms with E-state index in [9.17, 15) is 25.2 Å². The molecular formula is C17H16Cl2O5. The summed E-state index contributed by atoms with van der Waals surface area (Å²) in [6.45, 7) is 3.17. The van der Waals surface area contributed by atoms with Gasteiger partial charge in [0.2, 0.25) is 0 Å². The van der Waals surface area contributed by atoms with Crippen LogP contribution in [0.25, 0.3) is 0 Å². The van der Waals surface area contributed by atoms with Crippen LogP contribution in [-0.4, -0.2) is 26.2 Å². The maximum atomic E-state index is 12.7. The molecule has 0 spiro atoms. The molecule has 2 aromatic carbocycles. The first-order valence-electron chi connectivity index (χ1n) is 7.11. The van der Waals surface area contributed by atoms with E-state index in [2.05, 4.69) is 0 Å². The highest BCUT2D eigenvalue weighted by Crippen LogP contribution is 2.43. The van der Waals surface area contributed by atoms with Crippen LogP contribution in [0.15, 0.2) is 24.3 Å². The summed E-state index contributed by atoms with van der Waals surface area (Å²) in [6, 6.07) is 5.41. The Morgan fingerprint density at radius 1 is 0.792 bits per heavy atom. The van der Waals surface area contributed by atoms with Crippen LogP contribution in [-0.2, 0) is 4.79 Å². The monoisotopic (exact) mass is 370 g/mol. The highest BCUT2D eigenvalue weighted by Gasteiger charge is 2.28. The van der Waals surface area contributed by atoms with Crippen molar-refractivity contribution in [2.75, 3.05) is 0 Å². The van der Waals surface area contributed by atoms with Crippen LogP contribution in [0, 0.1) is 0 Å². The van der Waals surface area contributed by atoms with Crippen molar-refractivity contribution in [2.45, 2.75) is 25.7 Å². The summed E-state index contributed by atoms with van der Waals surface area (Å²) in [5.74, 6) is -3.09. The number of ketones is 1. The molecule has 0 radical (unpaired) electrons. The van der Waals surface area contributed by atoms with Gasteiger partial charge in [-0.05, 0) is 12.1 Å². The van der Waals surface area contributed by atoms with Gasteiger partial charge in [-0.2, -0.15) is 0 Å². The number of carbonyl (C=O) groups excluding carboxylic acids is 1. The minimum absolute atomic E-state index is 0.227. The zero-order chi connectivity index (χ0) is 18.2. The van der Waals surface area contributed by atoms with Crippen molar-refractivity contribution in [3.63, 3.8) is 0 Å². The minimum atomic E-state index is -0.745. The Bertz CT molecular complexity index is 739. The number of hydrogen-bond acceptors (Lipinski definition) is 5. The van der Waals surface area contributed by atoms with E-state index >= 15 is 0 Å². The number of hydrogen-bond donors (Lipinski definition) is 4. The van der Waals surface area contributed by atoms with Crippen molar-refractivity contribution in [1.29, 1.82) is 0 Å². The second-order valence-electron chi connectivity index (χ2n) is 5.52. The predicted octanol–water partition coefficient (Wildman–Crippen LogP) is 4.29. The molecule has 4 N–H and O–H groups in total. The fraction of sp³-hybridized carbons (Fsp3) is 0.235. The van der Waals surface area contributed by atoms with Crippen LogP contribution < -0.4 is 0 Å². The standard InChI is InChI=1S/C17H16Cl2O5/c1-7(9-3-5-11(20)13(18)16(9)23)15(22)8(2)10-4-6-12(21)14(19)17(10)24/h3-8,20-21,23-24H,1-2H3. The lowest BCUT2D eigenvalue weighted by atomic mass is 9.85. The molecule has 0 fully saturated rings. The first kappa shape index (κ1) is 18.2. The molecule has 0 saturated heterocycles. The third-order valence-corrected chi connectivity index (χ3v) is 4.79. The first-order chi connectivity index (χ1) is 11.2. The topological polar surface area (TPSA) is 98.0 Å². The Kier molecular flexibility index (Phi) is 5.16. The molecule has 0 heterocycles. The Balaban J connectivity index is 2.38. The molecule has 0 aliphatic rings. The van der Waals surface area contributed by atoms with Gasteiger partial charge in [0.05, 0.1) is 0 Å². The van der Waals surface area contributed by atoms with E-state index in [-0.39, 0.29) is 50.0 Å². The summed E-state index contributed by atoms with van der Waals surface area (Å²) >= 11 is 11.6. The van der Waals surface area contributed by atoms with Gasteiger partial charge in [-0.25, -0.2) is 0 Å². The van der Waals surface area contributed by atoms with Crippen molar-refractivity contribution >= 4 is 29.0 Å². The van der Waals surface area contributed by atoms with Gasteiger partial charge in [0, 0.05) is 23.0 Å². The van der Waals surface area contributed by atoms with Gasteiger partial charge in [0.1, 0.15) is 38.8 Å².